The van der Waals surface area contributed by atoms with Gasteiger partial charge in [-0.25, -0.2) is 12.8 Å². The molecule has 2 rings (SSSR count). The first-order chi connectivity index (χ1) is 11.8. The summed E-state index contributed by atoms with van der Waals surface area (Å²) in [6.45, 7) is 4.17. The van der Waals surface area contributed by atoms with Gasteiger partial charge in [-0.3, -0.25) is 4.79 Å². The molecule has 0 saturated carbocycles. The van der Waals surface area contributed by atoms with Gasteiger partial charge in [0, 0.05) is 24.3 Å². The minimum absolute atomic E-state index is 0.0426. The number of rotatable bonds is 6. The predicted octanol–water partition coefficient (Wildman–Crippen LogP) is 3.76. The Bertz CT molecular complexity index is 883. The third-order valence-electron chi connectivity index (χ3n) is 3.62. The lowest BCUT2D eigenvalue weighted by molar-refractivity contribution is 0.102. The second-order valence-corrected chi connectivity index (χ2v) is 7.55. The van der Waals surface area contributed by atoms with Crippen LogP contribution in [-0.4, -0.2) is 31.7 Å². The first-order valence-corrected chi connectivity index (χ1v) is 9.48. The van der Waals surface area contributed by atoms with Crippen molar-refractivity contribution in [3.63, 3.8) is 0 Å². The summed E-state index contributed by atoms with van der Waals surface area (Å²) in [4.78, 5) is 12.4. The lowest BCUT2D eigenvalue weighted by Gasteiger charge is -2.18. The van der Waals surface area contributed by atoms with Crippen LogP contribution in [-0.2, 0) is 10.0 Å². The van der Waals surface area contributed by atoms with Crippen molar-refractivity contribution in [2.75, 3.05) is 18.4 Å². The van der Waals surface area contributed by atoms with E-state index in [4.69, 9.17) is 11.6 Å². The van der Waals surface area contributed by atoms with Gasteiger partial charge in [-0.05, 0) is 36.4 Å². The van der Waals surface area contributed by atoms with Crippen molar-refractivity contribution in [1.29, 1.82) is 0 Å². The van der Waals surface area contributed by atoms with E-state index >= 15 is 0 Å². The van der Waals surface area contributed by atoms with E-state index in [2.05, 4.69) is 5.32 Å². The highest BCUT2D eigenvalue weighted by molar-refractivity contribution is 7.89. The number of halogens is 2. The van der Waals surface area contributed by atoms with Crippen molar-refractivity contribution in [3.05, 3.63) is 58.9 Å². The Balaban J connectivity index is 2.28. The molecule has 0 unspecified atom stereocenters. The number of carbonyl (C=O) groups is 1. The fourth-order valence-corrected chi connectivity index (χ4v) is 3.97. The average molecular weight is 385 g/mol. The van der Waals surface area contributed by atoms with Crippen LogP contribution in [0.5, 0.6) is 0 Å². The summed E-state index contributed by atoms with van der Waals surface area (Å²) in [5.41, 5.74) is 0.488. The smallest absolute Gasteiger partial charge is 0.255 e. The number of carbonyl (C=O) groups excluding carboxylic acids is 1. The van der Waals surface area contributed by atoms with Crippen LogP contribution in [0.1, 0.15) is 24.2 Å². The van der Waals surface area contributed by atoms with Gasteiger partial charge in [-0.15, -0.1) is 0 Å². The molecule has 134 valence electrons. The first-order valence-electron chi connectivity index (χ1n) is 7.66. The minimum Gasteiger partial charge on any atom is -0.322 e. The van der Waals surface area contributed by atoms with Gasteiger partial charge in [0.1, 0.15) is 5.82 Å². The van der Waals surface area contributed by atoms with E-state index < -0.39 is 21.7 Å². The van der Waals surface area contributed by atoms with Crippen LogP contribution in [0, 0.1) is 5.82 Å². The van der Waals surface area contributed by atoms with E-state index in [0.29, 0.717) is 18.8 Å². The SMILES string of the molecule is CCN(CC)S(=O)(=O)c1cccc(C(=O)Nc2ccc(F)c(Cl)c2)c1. The average Bonchev–Trinajstić information content (AvgIpc) is 2.59. The maximum Gasteiger partial charge on any atom is 0.255 e. The van der Waals surface area contributed by atoms with E-state index in [1.165, 1.54) is 40.7 Å². The largest absolute Gasteiger partial charge is 0.322 e. The highest BCUT2D eigenvalue weighted by Gasteiger charge is 2.22. The molecule has 0 radical (unpaired) electrons. The predicted molar refractivity (Wildman–Crippen MR) is 95.9 cm³/mol. The molecule has 0 bridgehead atoms. The fourth-order valence-electron chi connectivity index (χ4n) is 2.29. The first kappa shape index (κ1) is 19.4. The summed E-state index contributed by atoms with van der Waals surface area (Å²) < 4.78 is 39.6. The van der Waals surface area contributed by atoms with Gasteiger partial charge < -0.3 is 5.32 Å². The Hall–Kier alpha value is -1.96. The van der Waals surface area contributed by atoms with E-state index in [1.807, 2.05) is 0 Å². The van der Waals surface area contributed by atoms with E-state index in [-0.39, 0.29) is 15.5 Å². The van der Waals surface area contributed by atoms with Crippen molar-refractivity contribution in [2.24, 2.45) is 0 Å². The summed E-state index contributed by atoms with van der Waals surface area (Å²) in [5.74, 6) is -1.11. The van der Waals surface area contributed by atoms with Crippen LogP contribution in [0.15, 0.2) is 47.4 Å². The van der Waals surface area contributed by atoms with Gasteiger partial charge in [-0.2, -0.15) is 4.31 Å². The molecule has 0 aromatic heterocycles. The zero-order valence-corrected chi connectivity index (χ0v) is 15.4. The minimum atomic E-state index is -3.66. The molecule has 2 aromatic rings. The molecule has 0 aliphatic heterocycles. The maximum absolute atomic E-state index is 13.2. The van der Waals surface area contributed by atoms with Crippen LogP contribution < -0.4 is 5.32 Å². The molecule has 0 aliphatic rings. The maximum atomic E-state index is 13.2. The van der Waals surface area contributed by atoms with Gasteiger partial charge in [0.05, 0.1) is 9.92 Å². The number of nitrogens with one attached hydrogen (secondary N) is 1. The Labute approximate surface area is 151 Å². The normalized spacial score (nSPS) is 11.6. The number of sulfonamides is 1. The second-order valence-electron chi connectivity index (χ2n) is 5.20. The van der Waals surface area contributed by atoms with Crippen LogP contribution >= 0.6 is 11.6 Å². The zero-order chi connectivity index (χ0) is 18.6. The summed E-state index contributed by atoms with van der Waals surface area (Å²) in [7, 11) is -3.66. The molecule has 25 heavy (non-hydrogen) atoms. The van der Waals surface area contributed by atoms with Gasteiger partial charge >= 0.3 is 0 Å². The van der Waals surface area contributed by atoms with Gasteiger partial charge in [0.2, 0.25) is 10.0 Å². The summed E-state index contributed by atoms with van der Waals surface area (Å²) in [5, 5.41) is 2.45. The molecule has 1 N–H and O–H groups in total. The molecule has 0 heterocycles. The lowest BCUT2D eigenvalue weighted by Crippen LogP contribution is -2.30. The van der Waals surface area contributed by atoms with E-state index in [0.717, 1.165) is 6.07 Å². The molecule has 0 atom stereocenters. The quantitative estimate of drug-likeness (QED) is 0.824. The standard InChI is InChI=1S/C17H18ClFN2O3S/c1-3-21(4-2)25(23,24)14-7-5-6-12(10-14)17(22)20-13-8-9-16(19)15(18)11-13/h5-11H,3-4H2,1-2H3,(H,20,22). The van der Waals surface area contributed by atoms with Crippen molar-refractivity contribution in [2.45, 2.75) is 18.7 Å². The van der Waals surface area contributed by atoms with Crippen LogP contribution in [0.2, 0.25) is 5.02 Å². The summed E-state index contributed by atoms with van der Waals surface area (Å²) in [6, 6.07) is 9.55. The number of amides is 1. The van der Waals surface area contributed by atoms with Crippen LogP contribution in [0.4, 0.5) is 10.1 Å². The summed E-state index contributed by atoms with van der Waals surface area (Å²) in [6.07, 6.45) is 0. The van der Waals surface area contributed by atoms with Crippen molar-refractivity contribution in [3.8, 4) is 0 Å². The molecule has 2 aromatic carbocycles. The molecule has 0 aliphatic carbocycles. The molecular weight excluding hydrogens is 367 g/mol. The molecule has 0 spiro atoms. The molecule has 5 nitrogen and oxygen atoms in total. The molecule has 0 saturated heterocycles. The van der Waals surface area contributed by atoms with Crippen molar-refractivity contribution >= 4 is 33.2 Å². The number of anilines is 1. The fraction of sp³-hybridized carbons (Fsp3) is 0.235. The molecule has 0 fully saturated rings. The van der Waals surface area contributed by atoms with Crippen LogP contribution in [0.25, 0.3) is 0 Å². The van der Waals surface area contributed by atoms with Gasteiger partial charge in [0.15, 0.2) is 0 Å². The molecular formula is C17H18ClFN2O3S. The number of benzene rings is 2. The van der Waals surface area contributed by atoms with Gasteiger partial charge in [0.25, 0.3) is 5.91 Å². The lowest BCUT2D eigenvalue weighted by atomic mass is 10.2. The molecule has 1 amide bonds. The third-order valence-corrected chi connectivity index (χ3v) is 5.95. The Morgan fingerprint density at radius 1 is 1.16 bits per heavy atom. The third kappa shape index (κ3) is 4.36. The Kier molecular flexibility index (Phi) is 6.16. The molecule has 8 heteroatoms. The topological polar surface area (TPSA) is 66.5 Å². The highest BCUT2D eigenvalue weighted by Crippen LogP contribution is 2.21. The number of hydrogen-bond acceptors (Lipinski definition) is 3. The Morgan fingerprint density at radius 3 is 2.44 bits per heavy atom. The van der Waals surface area contributed by atoms with Crippen LogP contribution in [0.3, 0.4) is 0 Å². The zero-order valence-electron chi connectivity index (χ0n) is 13.8. The van der Waals surface area contributed by atoms with Crippen molar-refractivity contribution < 1.29 is 17.6 Å². The highest BCUT2D eigenvalue weighted by atomic mass is 35.5. The monoisotopic (exact) mass is 384 g/mol. The summed E-state index contributed by atoms with van der Waals surface area (Å²) >= 11 is 5.68. The van der Waals surface area contributed by atoms with Crippen molar-refractivity contribution in [1.82, 2.24) is 4.31 Å². The Morgan fingerprint density at radius 2 is 1.84 bits per heavy atom. The van der Waals surface area contributed by atoms with Gasteiger partial charge in [-0.1, -0.05) is 31.5 Å². The van der Waals surface area contributed by atoms with E-state index in [9.17, 15) is 17.6 Å². The second kappa shape index (κ2) is 7.95. The number of nitrogens with zero attached hydrogens (tertiary/aromatic N) is 1. The van der Waals surface area contributed by atoms with E-state index in [1.54, 1.807) is 13.8 Å². The number of hydrogen-bond donors (Lipinski definition) is 1.